The number of benzene rings is 2. The zero-order chi connectivity index (χ0) is 30.5. The fourth-order valence-electron chi connectivity index (χ4n) is 5.12. The van der Waals surface area contributed by atoms with E-state index in [1.165, 1.54) is 57.5 Å². The van der Waals surface area contributed by atoms with Crippen LogP contribution in [-0.2, 0) is 19.6 Å². The van der Waals surface area contributed by atoms with Crippen LogP contribution in [0.1, 0.15) is 49.4 Å². The topological polar surface area (TPSA) is 172 Å². The number of hydrogen-bond acceptors (Lipinski definition) is 9. The molecular formula is C28H36ClN5O8S. The van der Waals surface area contributed by atoms with Crippen LogP contribution in [0.25, 0.3) is 0 Å². The number of halogens is 1. The summed E-state index contributed by atoms with van der Waals surface area (Å²) in [5, 5.41) is 7.63. The number of imide groups is 1. The molecule has 0 bridgehead atoms. The van der Waals surface area contributed by atoms with Crippen molar-refractivity contribution < 1.29 is 37.1 Å². The Labute approximate surface area is 256 Å². The quantitative estimate of drug-likeness (QED) is 0.155. The SMILES string of the molecule is COc1cc(OC)c(C(=O)CCCCN2CCC3(CC2)NC(=O)NC3=O)cc1NS(=O)(=O)c1ccc(NC(C)=O)cc1.Cl. The van der Waals surface area contributed by atoms with E-state index in [2.05, 4.69) is 25.6 Å². The number of Topliss-reactive ketones (excluding diaryl/α,β-unsaturated/α-hetero) is 1. The van der Waals surface area contributed by atoms with E-state index in [9.17, 15) is 27.6 Å². The Morgan fingerprint density at radius 3 is 2.21 bits per heavy atom. The number of piperidine rings is 1. The highest BCUT2D eigenvalue weighted by Crippen LogP contribution is 2.35. The van der Waals surface area contributed by atoms with Crippen molar-refractivity contribution in [3.63, 3.8) is 0 Å². The van der Waals surface area contributed by atoms with Crippen molar-refractivity contribution in [2.45, 2.75) is 49.5 Å². The number of nitrogens with one attached hydrogen (secondary N) is 4. The Kier molecular flexibility index (Phi) is 11.0. The number of amides is 4. The molecule has 4 amide bonds. The zero-order valence-electron chi connectivity index (χ0n) is 24.2. The van der Waals surface area contributed by atoms with Gasteiger partial charge in [-0.05, 0) is 62.6 Å². The van der Waals surface area contributed by atoms with E-state index >= 15 is 0 Å². The number of carbonyl (C=O) groups excluding carboxylic acids is 4. The smallest absolute Gasteiger partial charge is 0.322 e. The van der Waals surface area contributed by atoms with Gasteiger partial charge in [-0.2, -0.15) is 0 Å². The predicted octanol–water partition coefficient (Wildman–Crippen LogP) is 2.91. The summed E-state index contributed by atoms with van der Waals surface area (Å²) in [5.74, 6) is -0.320. The Balaban J connectivity index is 0.00000506. The Morgan fingerprint density at radius 1 is 1.00 bits per heavy atom. The summed E-state index contributed by atoms with van der Waals surface area (Å²) in [6.07, 6.45) is 2.61. The van der Waals surface area contributed by atoms with Crippen LogP contribution in [-0.4, -0.2) is 76.3 Å². The standard InChI is InChI=1S/C28H35N5O8S.ClH/c1-18(34)29-19-7-9-20(10-8-19)42(38,39)32-22-16-21(24(40-2)17-25(22)41-3)23(35)6-4-5-13-33-14-11-28(12-15-33)26(36)30-27(37)31-28;/h7-10,16-17,32H,4-6,11-15H2,1-3H3,(H,29,34)(H2,30,31,36,37);1H. The molecule has 0 aromatic heterocycles. The van der Waals surface area contributed by atoms with Crippen molar-refractivity contribution in [2.75, 3.05) is 43.9 Å². The molecule has 2 heterocycles. The summed E-state index contributed by atoms with van der Waals surface area (Å²) in [4.78, 5) is 50.3. The van der Waals surface area contributed by atoms with Crippen LogP contribution in [0.3, 0.4) is 0 Å². The Hall–Kier alpha value is -3.88. The molecule has 4 rings (SSSR count). The lowest BCUT2D eigenvalue weighted by Crippen LogP contribution is -2.54. The van der Waals surface area contributed by atoms with E-state index in [-0.39, 0.29) is 64.1 Å². The number of sulfonamides is 1. The average molecular weight is 638 g/mol. The van der Waals surface area contributed by atoms with Gasteiger partial charge in [0.15, 0.2) is 5.78 Å². The van der Waals surface area contributed by atoms with Gasteiger partial charge in [0, 0.05) is 38.2 Å². The first-order valence-corrected chi connectivity index (χ1v) is 15.0. The maximum Gasteiger partial charge on any atom is 0.322 e. The number of nitrogens with zero attached hydrogens (tertiary/aromatic N) is 1. The van der Waals surface area contributed by atoms with E-state index in [1.54, 1.807) is 0 Å². The minimum atomic E-state index is -4.05. The first-order valence-electron chi connectivity index (χ1n) is 13.5. The van der Waals surface area contributed by atoms with Crippen LogP contribution >= 0.6 is 12.4 Å². The monoisotopic (exact) mass is 637 g/mol. The second-order valence-electron chi connectivity index (χ2n) is 10.3. The van der Waals surface area contributed by atoms with Crippen molar-refractivity contribution in [3.05, 3.63) is 42.0 Å². The fourth-order valence-corrected chi connectivity index (χ4v) is 6.18. The van der Waals surface area contributed by atoms with E-state index in [4.69, 9.17) is 9.47 Å². The van der Waals surface area contributed by atoms with Gasteiger partial charge in [0.1, 0.15) is 17.0 Å². The lowest BCUT2D eigenvalue weighted by atomic mass is 9.87. The van der Waals surface area contributed by atoms with Gasteiger partial charge in [0.2, 0.25) is 5.91 Å². The summed E-state index contributed by atoms with van der Waals surface area (Å²) in [7, 11) is -1.25. The number of carbonyl (C=O) groups is 4. The molecule has 4 N–H and O–H groups in total. The second-order valence-corrected chi connectivity index (χ2v) is 12.0. The van der Waals surface area contributed by atoms with Crippen molar-refractivity contribution in [1.29, 1.82) is 0 Å². The number of likely N-dealkylation sites (tertiary alicyclic amines) is 1. The zero-order valence-corrected chi connectivity index (χ0v) is 25.8. The number of rotatable bonds is 12. The maximum absolute atomic E-state index is 13.2. The van der Waals surface area contributed by atoms with Crippen LogP contribution in [0, 0.1) is 0 Å². The molecule has 0 radical (unpaired) electrons. The van der Waals surface area contributed by atoms with Gasteiger partial charge in [-0.1, -0.05) is 0 Å². The number of urea groups is 1. The van der Waals surface area contributed by atoms with Gasteiger partial charge in [-0.25, -0.2) is 13.2 Å². The molecule has 0 aliphatic carbocycles. The number of hydrogen-bond donors (Lipinski definition) is 4. The third-order valence-electron chi connectivity index (χ3n) is 7.40. The normalized spacial score (nSPS) is 16.1. The molecular weight excluding hydrogens is 602 g/mol. The van der Waals surface area contributed by atoms with Crippen LogP contribution in [0.15, 0.2) is 41.3 Å². The van der Waals surface area contributed by atoms with Crippen LogP contribution in [0.4, 0.5) is 16.2 Å². The number of ether oxygens (including phenoxy) is 2. The summed E-state index contributed by atoms with van der Waals surface area (Å²) in [6, 6.07) is 8.09. The highest BCUT2D eigenvalue weighted by molar-refractivity contribution is 7.92. The van der Waals surface area contributed by atoms with E-state index < -0.39 is 21.6 Å². The first kappa shape index (κ1) is 33.6. The van der Waals surface area contributed by atoms with Gasteiger partial charge >= 0.3 is 6.03 Å². The summed E-state index contributed by atoms with van der Waals surface area (Å²) in [6.45, 7) is 3.41. The molecule has 2 fully saturated rings. The summed E-state index contributed by atoms with van der Waals surface area (Å²) < 4.78 is 39.5. The van der Waals surface area contributed by atoms with Gasteiger partial charge in [-0.15, -0.1) is 12.4 Å². The molecule has 15 heteroatoms. The number of anilines is 2. The molecule has 2 aromatic carbocycles. The fraction of sp³-hybridized carbons (Fsp3) is 0.429. The minimum absolute atomic E-state index is 0. The minimum Gasteiger partial charge on any atom is -0.496 e. The van der Waals surface area contributed by atoms with Crippen LogP contribution in [0.5, 0.6) is 11.5 Å². The predicted molar refractivity (Wildman–Crippen MR) is 162 cm³/mol. The van der Waals surface area contributed by atoms with Crippen molar-refractivity contribution in [3.8, 4) is 11.5 Å². The molecule has 0 saturated carbocycles. The number of methoxy groups -OCH3 is 2. The molecule has 2 aromatic rings. The molecule has 43 heavy (non-hydrogen) atoms. The Morgan fingerprint density at radius 2 is 1.65 bits per heavy atom. The Bertz CT molecular complexity index is 1470. The number of unbranched alkanes of at least 4 members (excludes halogenated alkanes) is 1. The van der Waals surface area contributed by atoms with Gasteiger partial charge in [-0.3, -0.25) is 24.4 Å². The summed E-state index contributed by atoms with van der Waals surface area (Å²) in [5.41, 5.74) is -0.0582. The van der Waals surface area contributed by atoms with Crippen LogP contribution < -0.4 is 30.1 Å². The van der Waals surface area contributed by atoms with Crippen molar-refractivity contribution in [1.82, 2.24) is 15.5 Å². The lowest BCUT2D eigenvalue weighted by molar-refractivity contribution is -0.125. The van der Waals surface area contributed by atoms with Crippen molar-refractivity contribution >= 4 is 57.4 Å². The largest absolute Gasteiger partial charge is 0.496 e. The third kappa shape index (κ3) is 7.94. The molecule has 2 saturated heterocycles. The van der Waals surface area contributed by atoms with Crippen molar-refractivity contribution in [2.24, 2.45) is 0 Å². The first-order chi connectivity index (χ1) is 20.0. The molecule has 2 aliphatic heterocycles. The molecule has 234 valence electrons. The maximum atomic E-state index is 13.2. The van der Waals surface area contributed by atoms with Gasteiger partial charge in [0.25, 0.3) is 15.9 Å². The molecule has 1 spiro atoms. The van der Waals surface area contributed by atoms with E-state index in [1.807, 2.05) is 0 Å². The third-order valence-corrected chi connectivity index (χ3v) is 8.79. The van der Waals surface area contributed by atoms with Gasteiger partial charge in [0.05, 0.1) is 30.4 Å². The molecule has 2 aliphatic rings. The molecule has 0 unspecified atom stereocenters. The van der Waals surface area contributed by atoms with Crippen LogP contribution in [0.2, 0.25) is 0 Å². The van der Waals surface area contributed by atoms with Gasteiger partial charge < -0.3 is 25.0 Å². The van der Waals surface area contributed by atoms with E-state index in [0.717, 1.165) is 13.0 Å². The number of ketones is 1. The second kappa shape index (κ2) is 14.1. The average Bonchev–Trinajstić information content (AvgIpc) is 3.23. The molecule has 0 atom stereocenters. The highest BCUT2D eigenvalue weighted by Gasteiger charge is 2.47. The highest BCUT2D eigenvalue weighted by atomic mass is 35.5. The van der Waals surface area contributed by atoms with E-state index in [0.29, 0.717) is 38.0 Å². The lowest BCUT2D eigenvalue weighted by Gasteiger charge is -2.36. The molecule has 13 nitrogen and oxygen atoms in total. The summed E-state index contributed by atoms with van der Waals surface area (Å²) >= 11 is 0.